The first-order valence-electron chi connectivity index (χ1n) is 18.7. The Balaban J connectivity index is 1.13. The normalized spacial score (nSPS) is 13.2. The summed E-state index contributed by atoms with van der Waals surface area (Å²) in [5.41, 5.74) is 15.4. The third kappa shape index (κ3) is 4.49. The van der Waals surface area contributed by atoms with E-state index in [4.69, 9.17) is 0 Å². The van der Waals surface area contributed by atoms with Crippen LogP contribution in [-0.4, -0.2) is 0 Å². The summed E-state index contributed by atoms with van der Waals surface area (Å²) in [5, 5.41) is 10.5. The molecule has 1 aliphatic rings. The van der Waals surface area contributed by atoms with Crippen molar-refractivity contribution in [3.05, 3.63) is 193 Å². The highest BCUT2D eigenvalue weighted by molar-refractivity contribution is 6.27. The largest absolute Gasteiger partial charge is 0.0622 e. The van der Waals surface area contributed by atoms with Crippen LogP contribution in [-0.2, 0) is 5.41 Å². The van der Waals surface area contributed by atoms with Crippen LogP contribution in [0.3, 0.4) is 0 Å². The van der Waals surface area contributed by atoms with Crippen LogP contribution in [0, 0.1) is 0 Å². The Morgan fingerprint density at radius 3 is 1.53 bits per heavy atom. The number of rotatable bonds is 4. The van der Waals surface area contributed by atoms with Gasteiger partial charge in [0.2, 0.25) is 0 Å². The monoisotopic (exact) mass is 672 g/mol. The molecule has 0 aliphatic heterocycles. The van der Waals surface area contributed by atoms with E-state index in [0.29, 0.717) is 0 Å². The molecular weight excluding hydrogens is 637 g/mol. The second-order valence-corrected chi connectivity index (χ2v) is 15.3. The van der Waals surface area contributed by atoms with Crippen LogP contribution in [0.5, 0.6) is 0 Å². The first-order valence-corrected chi connectivity index (χ1v) is 18.7. The average molecular weight is 673 g/mol. The predicted octanol–water partition coefficient (Wildman–Crippen LogP) is 14.7. The Bertz CT molecular complexity index is 3060. The number of hydrogen-bond donors (Lipinski definition) is 0. The summed E-state index contributed by atoms with van der Waals surface area (Å²) in [7, 11) is 0. The minimum atomic E-state index is -0.102. The van der Waals surface area contributed by atoms with Gasteiger partial charge in [0.25, 0.3) is 0 Å². The van der Waals surface area contributed by atoms with Crippen molar-refractivity contribution in [2.45, 2.75) is 19.3 Å². The van der Waals surface area contributed by atoms with Gasteiger partial charge >= 0.3 is 0 Å². The summed E-state index contributed by atoms with van der Waals surface area (Å²) >= 11 is 0. The van der Waals surface area contributed by atoms with Crippen LogP contribution in [0.25, 0.3) is 98.7 Å². The number of benzene rings is 10. The Hall–Kier alpha value is -6.50. The molecule has 0 radical (unpaired) electrons. The summed E-state index contributed by atoms with van der Waals surface area (Å²) in [6, 6.07) is 68.0. The molecule has 0 spiro atoms. The Labute approximate surface area is 310 Å². The highest BCUT2D eigenvalue weighted by atomic mass is 14.4. The highest BCUT2D eigenvalue weighted by Gasteiger charge is 2.36. The van der Waals surface area contributed by atoms with Gasteiger partial charge in [-0.15, -0.1) is 0 Å². The number of fused-ring (bicyclic) bond motifs is 5. The SMILES string of the molecule is CC1(C)c2cc(-c3cc(-c4ccccc4)cc(-c4ccc5ccc6c(-c7ccccc7)ccc7ccc4c5c76)c3)ccc2-c2c1ccc1ccccc21. The van der Waals surface area contributed by atoms with Crippen molar-refractivity contribution in [1.82, 2.24) is 0 Å². The molecule has 0 amide bonds. The molecule has 0 aromatic heterocycles. The Kier molecular flexibility index (Phi) is 6.40. The molecule has 0 unspecified atom stereocenters. The van der Waals surface area contributed by atoms with Gasteiger partial charge < -0.3 is 0 Å². The second kappa shape index (κ2) is 11.2. The van der Waals surface area contributed by atoms with Crippen molar-refractivity contribution in [2.75, 3.05) is 0 Å². The minimum Gasteiger partial charge on any atom is -0.0622 e. The van der Waals surface area contributed by atoms with E-state index >= 15 is 0 Å². The maximum Gasteiger partial charge on any atom is 0.0159 e. The van der Waals surface area contributed by atoms with Crippen LogP contribution in [0.15, 0.2) is 182 Å². The molecule has 0 bridgehead atoms. The molecule has 0 heterocycles. The van der Waals surface area contributed by atoms with Crippen molar-refractivity contribution in [3.63, 3.8) is 0 Å². The van der Waals surface area contributed by atoms with Crippen LogP contribution < -0.4 is 0 Å². The zero-order chi connectivity index (χ0) is 35.3. The lowest BCUT2D eigenvalue weighted by atomic mass is 9.81. The zero-order valence-corrected chi connectivity index (χ0v) is 29.8. The standard InChI is InChI=1S/C53H36/c1-53(2)48-28-22-35-15-9-10-16-44(35)52(48)47-27-21-38(32-49(47)53)40-29-39(33-11-5-3-6-12-33)30-41(31-40)43-24-18-37-19-25-45-42(34-13-7-4-8-14-34)23-17-36-20-26-46(43)51(37)50(36)45/h3-32H,1-2H3. The summed E-state index contributed by atoms with van der Waals surface area (Å²) in [6.07, 6.45) is 0. The molecule has 0 heteroatoms. The lowest BCUT2D eigenvalue weighted by Crippen LogP contribution is -2.15. The zero-order valence-electron chi connectivity index (χ0n) is 29.8. The van der Waals surface area contributed by atoms with Gasteiger partial charge in [-0.2, -0.15) is 0 Å². The molecule has 0 fully saturated rings. The van der Waals surface area contributed by atoms with E-state index in [-0.39, 0.29) is 5.41 Å². The van der Waals surface area contributed by atoms with Crippen molar-refractivity contribution < 1.29 is 0 Å². The fourth-order valence-corrected chi connectivity index (χ4v) is 9.36. The summed E-state index contributed by atoms with van der Waals surface area (Å²) in [6.45, 7) is 4.77. The second-order valence-electron chi connectivity index (χ2n) is 15.3. The van der Waals surface area contributed by atoms with Gasteiger partial charge in [-0.25, -0.2) is 0 Å². The van der Waals surface area contributed by atoms with E-state index < -0.39 is 0 Å². The topological polar surface area (TPSA) is 0 Å². The lowest BCUT2D eigenvalue weighted by Gasteiger charge is -2.22. The van der Waals surface area contributed by atoms with E-state index in [1.54, 1.807) is 0 Å². The molecule has 10 aromatic rings. The number of hydrogen-bond acceptors (Lipinski definition) is 0. The molecule has 0 nitrogen and oxygen atoms in total. The van der Waals surface area contributed by atoms with E-state index in [2.05, 4.69) is 196 Å². The molecule has 248 valence electrons. The van der Waals surface area contributed by atoms with Crippen LogP contribution in [0.2, 0.25) is 0 Å². The molecule has 53 heavy (non-hydrogen) atoms. The molecule has 1 aliphatic carbocycles. The highest BCUT2D eigenvalue weighted by Crippen LogP contribution is 2.52. The third-order valence-corrected chi connectivity index (χ3v) is 12.0. The van der Waals surface area contributed by atoms with Gasteiger partial charge in [0.05, 0.1) is 0 Å². The van der Waals surface area contributed by atoms with E-state index in [9.17, 15) is 0 Å². The molecule has 0 saturated heterocycles. The van der Waals surface area contributed by atoms with Gasteiger partial charge in [0, 0.05) is 5.41 Å². The van der Waals surface area contributed by atoms with Crippen LogP contribution >= 0.6 is 0 Å². The smallest absolute Gasteiger partial charge is 0.0159 e. The van der Waals surface area contributed by atoms with E-state index in [1.165, 1.54) is 110 Å². The predicted molar refractivity (Wildman–Crippen MR) is 227 cm³/mol. The molecule has 0 saturated carbocycles. The fourth-order valence-electron chi connectivity index (χ4n) is 9.36. The third-order valence-electron chi connectivity index (χ3n) is 12.0. The van der Waals surface area contributed by atoms with Crippen molar-refractivity contribution >= 4 is 43.1 Å². The Morgan fingerprint density at radius 1 is 0.302 bits per heavy atom. The first kappa shape index (κ1) is 30.2. The fraction of sp³-hybridized carbons (Fsp3) is 0.0566. The maximum absolute atomic E-state index is 2.47. The van der Waals surface area contributed by atoms with Gasteiger partial charge in [-0.3, -0.25) is 0 Å². The summed E-state index contributed by atoms with van der Waals surface area (Å²) in [5.74, 6) is 0. The van der Waals surface area contributed by atoms with Crippen molar-refractivity contribution in [2.24, 2.45) is 0 Å². The van der Waals surface area contributed by atoms with E-state index in [1.807, 2.05) is 0 Å². The van der Waals surface area contributed by atoms with E-state index in [0.717, 1.165) is 0 Å². The quantitative estimate of drug-likeness (QED) is 0.163. The minimum absolute atomic E-state index is 0.102. The molecule has 0 atom stereocenters. The van der Waals surface area contributed by atoms with Gasteiger partial charge in [0.15, 0.2) is 0 Å². The summed E-state index contributed by atoms with van der Waals surface area (Å²) in [4.78, 5) is 0. The van der Waals surface area contributed by atoms with Crippen molar-refractivity contribution in [1.29, 1.82) is 0 Å². The van der Waals surface area contributed by atoms with Crippen LogP contribution in [0.4, 0.5) is 0 Å². The molecule has 0 N–H and O–H groups in total. The first-order chi connectivity index (χ1) is 26.0. The van der Waals surface area contributed by atoms with Gasteiger partial charge in [-0.05, 0) is 134 Å². The van der Waals surface area contributed by atoms with Crippen molar-refractivity contribution in [3.8, 4) is 55.6 Å². The lowest BCUT2D eigenvalue weighted by molar-refractivity contribution is 0.661. The maximum atomic E-state index is 2.47. The Morgan fingerprint density at radius 2 is 0.830 bits per heavy atom. The summed E-state index contributed by atoms with van der Waals surface area (Å²) < 4.78 is 0. The van der Waals surface area contributed by atoms with Gasteiger partial charge in [0.1, 0.15) is 0 Å². The van der Waals surface area contributed by atoms with Gasteiger partial charge in [-0.1, -0.05) is 172 Å². The molecule has 11 rings (SSSR count). The molecular formula is C53H36. The average Bonchev–Trinajstić information content (AvgIpc) is 3.45. The van der Waals surface area contributed by atoms with Crippen LogP contribution in [0.1, 0.15) is 25.0 Å². The molecule has 10 aromatic carbocycles.